The third-order valence-electron chi connectivity index (χ3n) is 7.53. The van der Waals surface area contributed by atoms with Crippen LogP contribution < -0.4 is 14.0 Å². The Bertz CT molecular complexity index is 1350. The smallest absolute Gasteiger partial charge is 0.380 e. The summed E-state index contributed by atoms with van der Waals surface area (Å²) in [5.41, 5.74) is -2.41. The average molecular weight is 454 g/mol. The van der Waals surface area contributed by atoms with Gasteiger partial charge in [-0.25, -0.2) is 0 Å². The molecule has 0 amide bonds. The van der Waals surface area contributed by atoms with Crippen molar-refractivity contribution in [2.75, 3.05) is 6.79 Å². The van der Waals surface area contributed by atoms with Gasteiger partial charge in [-0.1, -0.05) is 19.9 Å². The van der Waals surface area contributed by atoms with Crippen molar-refractivity contribution in [1.82, 2.24) is 0 Å². The molecule has 0 fully saturated rings. The van der Waals surface area contributed by atoms with E-state index in [0.29, 0.717) is 41.5 Å². The Hall–Kier alpha value is -2.71. The van der Waals surface area contributed by atoms with E-state index >= 15 is 0 Å². The number of nitrogens with zero attached hydrogens (tertiary/aromatic N) is 1. The zero-order chi connectivity index (χ0) is 22.8. The zero-order valence-electron chi connectivity index (χ0n) is 17.2. The first-order valence-corrected chi connectivity index (χ1v) is 10.4. The van der Waals surface area contributed by atoms with Crippen molar-refractivity contribution in [2.24, 2.45) is 0 Å². The fourth-order valence-corrected chi connectivity index (χ4v) is 5.68. The molecule has 0 saturated carbocycles. The first-order valence-electron chi connectivity index (χ1n) is 10.4. The molecule has 1 aliphatic carbocycles. The molecule has 0 atom stereocenters. The monoisotopic (exact) mass is 454 g/mol. The van der Waals surface area contributed by atoms with Gasteiger partial charge in [0.15, 0.2) is 23.2 Å². The van der Waals surface area contributed by atoms with Crippen molar-refractivity contribution in [2.45, 2.75) is 56.4 Å². The van der Waals surface area contributed by atoms with E-state index in [1.807, 2.05) is 13.8 Å². The number of halogens is 6. The van der Waals surface area contributed by atoms with E-state index < -0.39 is 34.4 Å². The summed E-state index contributed by atoms with van der Waals surface area (Å²) < 4.78 is 101. The zero-order valence-corrected chi connectivity index (χ0v) is 17.2. The molecule has 2 aliphatic heterocycles. The van der Waals surface area contributed by atoms with Crippen molar-refractivity contribution >= 4 is 21.7 Å². The molecule has 3 nitrogen and oxygen atoms in total. The van der Waals surface area contributed by atoms with Crippen LogP contribution in [0.25, 0.3) is 21.7 Å². The van der Waals surface area contributed by atoms with Gasteiger partial charge in [0.05, 0.1) is 16.3 Å². The molecule has 1 aromatic heterocycles. The van der Waals surface area contributed by atoms with Gasteiger partial charge in [-0.05, 0) is 17.5 Å². The third-order valence-corrected chi connectivity index (χ3v) is 7.53. The highest BCUT2D eigenvalue weighted by Gasteiger charge is 2.80. The summed E-state index contributed by atoms with van der Waals surface area (Å²) in [4.78, 5) is 0. The molecule has 0 N–H and O–H groups in total. The van der Waals surface area contributed by atoms with E-state index in [-0.39, 0.29) is 17.7 Å². The number of aromatic nitrogens is 1. The molecule has 0 saturated heterocycles. The van der Waals surface area contributed by atoms with Crippen LogP contribution in [0.1, 0.15) is 43.4 Å². The largest absolute Gasteiger partial charge is 0.454 e. The predicted octanol–water partition coefficient (Wildman–Crippen LogP) is 5.91. The number of hydrogen-bond acceptors (Lipinski definition) is 2. The molecular weight excluding hydrogens is 436 g/mol. The number of rotatable bonds is 2. The minimum atomic E-state index is -5.53. The quantitative estimate of drug-likeness (QED) is 0.273. The summed E-state index contributed by atoms with van der Waals surface area (Å²) in [6.45, 7) is 3.74. The second-order valence-corrected chi connectivity index (χ2v) is 8.77. The van der Waals surface area contributed by atoms with Gasteiger partial charge in [-0.15, -0.1) is 0 Å². The minimum Gasteiger partial charge on any atom is -0.454 e. The lowest BCUT2D eigenvalue weighted by atomic mass is 9.78. The van der Waals surface area contributed by atoms with Crippen LogP contribution in [0.3, 0.4) is 0 Å². The van der Waals surface area contributed by atoms with Crippen LogP contribution in [0.15, 0.2) is 24.4 Å². The summed E-state index contributed by atoms with van der Waals surface area (Å²) in [6, 6.07) is 4.43. The van der Waals surface area contributed by atoms with Crippen molar-refractivity contribution in [3.8, 4) is 11.5 Å². The molecule has 0 bridgehead atoms. The summed E-state index contributed by atoms with van der Waals surface area (Å²) >= 11 is 0. The highest BCUT2D eigenvalue weighted by Crippen LogP contribution is 2.64. The maximum Gasteiger partial charge on any atom is 0.380 e. The second kappa shape index (κ2) is 5.61. The van der Waals surface area contributed by atoms with Crippen molar-refractivity contribution in [1.29, 1.82) is 0 Å². The highest BCUT2D eigenvalue weighted by molar-refractivity contribution is 6.09. The lowest BCUT2D eigenvalue weighted by Crippen LogP contribution is -2.59. The Morgan fingerprint density at radius 2 is 1.69 bits per heavy atom. The van der Waals surface area contributed by atoms with Gasteiger partial charge < -0.3 is 9.47 Å². The molecule has 6 rings (SSSR count). The van der Waals surface area contributed by atoms with E-state index in [9.17, 15) is 26.3 Å². The first-order chi connectivity index (χ1) is 15.0. The fourth-order valence-electron chi connectivity index (χ4n) is 5.68. The molecule has 3 heterocycles. The van der Waals surface area contributed by atoms with Gasteiger partial charge >= 0.3 is 17.8 Å². The highest BCUT2D eigenvalue weighted by atomic mass is 19.3. The molecule has 2 aromatic carbocycles. The molecular formula is C23H18F6NO2+. The molecule has 0 radical (unpaired) electrons. The van der Waals surface area contributed by atoms with Crippen LogP contribution >= 0.6 is 0 Å². The molecule has 32 heavy (non-hydrogen) atoms. The summed E-state index contributed by atoms with van der Waals surface area (Å²) in [7, 11) is 0. The lowest BCUT2D eigenvalue weighted by molar-refractivity contribution is -0.744. The van der Waals surface area contributed by atoms with Crippen molar-refractivity contribution in [3.05, 3.63) is 41.1 Å². The minimum absolute atomic E-state index is 0.00769. The molecule has 9 heteroatoms. The normalized spacial score (nSPS) is 22.6. The molecule has 3 aliphatic rings. The van der Waals surface area contributed by atoms with Gasteiger partial charge in [0.25, 0.3) is 0 Å². The number of benzene rings is 2. The summed E-state index contributed by atoms with van der Waals surface area (Å²) in [6.07, 6.45) is 2.16. The van der Waals surface area contributed by atoms with Crippen LogP contribution in [0, 0.1) is 0 Å². The van der Waals surface area contributed by atoms with Crippen molar-refractivity contribution in [3.63, 3.8) is 0 Å². The van der Waals surface area contributed by atoms with E-state index in [1.165, 1.54) is 16.7 Å². The van der Waals surface area contributed by atoms with Gasteiger partial charge in [0.2, 0.25) is 12.3 Å². The average Bonchev–Trinajstić information content (AvgIpc) is 3.27. The molecule has 168 valence electrons. The van der Waals surface area contributed by atoms with E-state index in [0.717, 1.165) is 11.8 Å². The maximum absolute atomic E-state index is 14.9. The Morgan fingerprint density at radius 1 is 0.969 bits per heavy atom. The standard InChI is InChI=1S/C23H18F6NO2/c1-3-20(4-2)8-13-16-11(7-15-19(13)32-10-31-15)5-6-12-17-14(9-30(20)18(12)16)21(24,25)23(28,29)22(17,26)27/h5-7,9H,3-4,8,10H2,1-2H3/q+1. The molecule has 0 spiro atoms. The number of pyridine rings is 1. The Labute approximate surface area is 178 Å². The third kappa shape index (κ3) is 1.91. The number of ether oxygens (including phenoxy) is 2. The Morgan fingerprint density at radius 3 is 2.38 bits per heavy atom. The Balaban J connectivity index is 1.88. The van der Waals surface area contributed by atoms with Gasteiger partial charge in [0, 0.05) is 24.8 Å². The predicted molar refractivity (Wildman–Crippen MR) is 103 cm³/mol. The Kier molecular flexibility index (Phi) is 3.49. The van der Waals surface area contributed by atoms with E-state index in [2.05, 4.69) is 0 Å². The number of alkyl halides is 6. The fraction of sp³-hybridized carbons (Fsp3) is 0.435. The summed E-state index contributed by atoms with van der Waals surface area (Å²) in [5, 5.41) is 0.899. The van der Waals surface area contributed by atoms with Crippen LogP contribution in [-0.2, 0) is 23.8 Å². The second-order valence-electron chi connectivity index (χ2n) is 8.77. The number of hydrogen-bond donors (Lipinski definition) is 0. The van der Waals surface area contributed by atoms with Crippen molar-refractivity contribution < 1.29 is 40.4 Å². The van der Waals surface area contributed by atoms with Crippen LogP contribution in [0.5, 0.6) is 11.5 Å². The van der Waals surface area contributed by atoms with Crippen LogP contribution in [0.4, 0.5) is 26.3 Å². The van der Waals surface area contributed by atoms with E-state index in [4.69, 9.17) is 9.47 Å². The lowest BCUT2D eigenvalue weighted by Gasteiger charge is -2.33. The van der Waals surface area contributed by atoms with Crippen LogP contribution in [-0.4, -0.2) is 12.7 Å². The first kappa shape index (κ1) is 19.9. The molecule has 0 unspecified atom stereocenters. The van der Waals surface area contributed by atoms with Gasteiger partial charge in [-0.3, -0.25) is 0 Å². The van der Waals surface area contributed by atoms with Gasteiger partial charge in [-0.2, -0.15) is 30.9 Å². The SMILES string of the molecule is CCC1(CC)Cc2c3c(cc4ccc5c6c(c[n+]1c5c24)C(F)(F)C(F)(F)C6(F)F)OCO3. The maximum atomic E-state index is 14.9. The topological polar surface area (TPSA) is 22.3 Å². The van der Waals surface area contributed by atoms with E-state index in [1.54, 1.807) is 6.07 Å². The summed E-state index contributed by atoms with van der Waals surface area (Å²) in [5.74, 6) is -14.5. The molecule has 3 aromatic rings. The van der Waals surface area contributed by atoms with Crippen LogP contribution in [0.2, 0.25) is 0 Å². The van der Waals surface area contributed by atoms with Gasteiger partial charge in [0.1, 0.15) is 5.56 Å². The number of fused-ring (bicyclic) bond motifs is 4.